The van der Waals surface area contributed by atoms with Gasteiger partial charge in [0, 0.05) is 23.8 Å². The average molecular weight is 298 g/mol. The van der Waals surface area contributed by atoms with Crippen LogP contribution in [-0.4, -0.2) is 40.8 Å². The molecule has 0 saturated carbocycles. The number of carbonyl (C=O) groups excluding carboxylic acids is 2. The number of aromatic nitrogens is 1. The van der Waals surface area contributed by atoms with E-state index in [1.807, 2.05) is 0 Å². The molecule has 1 unspecified atom stereocenters. The number of piperazine rings is 1. The smallest absolute Gasteiger partial charge is 0.273 e. The Morgan fingerprint density at radius 1 is 1.59 bits per heavy atom. The number of amides is 2. The summed E-state index contributed by atoms with van der Waals surface area (Å²) in [5, 5.41) is 2.72. The molecule has 2 heterocycles. The zero-order valence-corrected chi connectivity index (χ0v) is 10.9. The Balaban J connectivity index is 2.19. The summed E-state index contributed by atoms with van der Waals surface area (Å²) in [6.07, 6.45) is 1.57. The molecule has 6 heteroatoms. The van der Waals surface area contributed by atoms with Gasteiger partial charge >= 0.3 is 0 Å². The number of carbonyl (C=O) groups is 2. The Kier molecular flexibility index (Phi) is 3.42. The first-order chi connectivity index (χ1) is 8.09. The van der Waals surface area contributed by atoms with Crippen molar-refractivity contribution in [2.75, 3.05) is 13.1 Å². The molecule has 1 saturated heterocycles. The van der Waals surface area contributed by atoms with Crippen molar-refractivity contribution in [3.8, 4) is 0 Å². The summed E-state index contributed by atoms with van der Waals surface area (Å²) < 4.78 is 0.818. The molecular formula is C11H12BrN3O2. The Bertz CT molecular complexity index is 447. The summed E-state index contributed by atoms with van der Waals surface area (Å²) in [5.41, 5.74) is 0.356. The highest BCUT2D eigenvalue weighted by Gasteiger charge is 2.30. The van der Waals surface area contributed by atoms with Gasteiger partial charge in [0.2, 0.25) is 5.91 Å². The van der Waals surface area contributed by atoms with E-state index in [2.05, 4.69) is 26.2 Å². The zero-order valence-electron chi connectivity index (χ0n) is 9.31. The molecule has 1 fully saturated rings. The van der Waals surface area contributed by atoms with Gasteiger partial charge < -0.3 is 10.2 Å². The summed E-state index contributed by atoms with van der Waals surface area (Å²) >= 11 is 3.26. The maximum atomic E-state index is 12.1. The normalized spacial score (nSPS) is 20.0. The molecule has 2 amide bonds. The lowest BCUT2D eigenvalue weighted by Crippen LogP contribution is -2.55. The standard InChI is InChI=1S/C11H12BrN3O2/c1-7-10(16)13-4-5-15(7)11(17)9-3-2-8(12)6-14-9/h2-3,6-7H,4-5H2,1H3,(H,13,16). The summed E-state index contributed by atoms with van der Waals surface area (Å²) in [4.78, 5) is 29.2. The van der Waals surface area contributed by atoms with Gasteiger partial charge in [0.15, 0.2) is 0 Å². The number of hydrogen-bond donors (Lipinski definition) is 1. The van der Waals surface area contributed by atoms with Crippen molar-refractivity contribution in [1.82, 2.24) is 15.2 Å². The van der Waals surface area contributed by atoms with E-state index in [1.165, 1.54) is 4.90 Å². The number of nitrogens with zero attached hydrogens (tertiary/aromatic N) is 2. The molecule has 0 aliphatic carbocycles. The first kappa shape index (κ1) is 12.0. The fourth-order valence-electron chi connectivity index (χ4n) is 1.71. The second kappa shape index (κ2) is 4.83. The molecule has 0 bridgehead atoms. The van der Waals surface area contributed by atoms with Gasteiger partial charge in [-0.15, -0.1) is 0 Å². The van der Waals surface area contributed by atoms with Crippen LogP contribution in [0.25, 0.3) is 0 Å². The van der Waals surface area contributed by atoms with Gasteiger partial charge in [-0.2, -0.15) is 0 Å². The Morgan fingerprint density at radius 3 is 3.00 bits per heavy atom. The van der Waals surface area contributed by atoms with E-state index in [1.54, 1.807) is 25.3 Å². The summed E-state index contributed by atoms with van der Waals surface area (Å²) in [6, 6.07) is 2.96. The van der Waals surface area contributed by atoms with E-state index in [0.717, 1.165) is 4.47 Å². The second-order valence-corrected chi connectivity index (χ2v) is 4.74. The van der Waals surface area contributed by atoms with Crippen LogP contribution in [0.5, 0.6) is 0 Å². The topological polar surface area (TPSA) is 62.3 Å². The highest BCUT2D eigenvalue weighted by atomic mass is 79.9. The van der Waals surface area contributed by atoms with E-state index in [9.17, 15) is 9.59 Å². The Hall–Kier alpha value is -1.43. The fraction of sp³-hybridized carbons (Fsp3) is 0.364. The first-order valence-electron chi connectivity index (χ1n) is 5.30. The minimum Gasteiger partial charge on any atom is -0.353 e. The van der Waals surface area contributed by atoms with Gasteiger partial charge in [0.1, 0.15) is 11.7 Å². The largest absolute Gasteiger partial charge is 0.353 e. The van der Waals surface area contributed by atoms with Crippen molar-refractivity contribution in [1.29, 1.82) is 0 Å². The fourth-order valence-corrected chi connectivity index (χ4v) is 1.94. The third kappa shape index (κ3) is 2.46. The van der Waals surface area contributed by atoms with Crippen LogP contribution in [0.2, 0.25) is 0 Å². The van der Waals surface area contributed by atoms with Gasteiger partial charge in [-0.05, 0) is 35.0 Å². The molecule has 2 rings (SSSR count). The monoisotopic (exact) mass is 297 g/mol. The maximum Gasteiger partial charge on any atom is 0.273 e. The van der Waals surface area contributed by atoms with Crippen LogP contribution in [-0.2, 0) is 4.79 Å². The number of hydrogen-bond acceptors (Lipinski definition) is 3. The minimum atomic E-state index is -0.443. The third-order valence-electron chi connectivity index (χ3n) is 2.71. The van der Waals surface area contributed by atoms with Crippen LogP contribution in [0, 0.1) is 0 Å². The Morgan fingerprint density at radius 2 is 2.35 bits per heavy atom. The zero-order chi connectivity index (χ0) is 12.4. The molecule has 1 atom stereocenters. The molecular weight excluding hydrogens is 286 g/mol. The van der Waals surface area contributed by atoms with Gasteiger partial charge in [-0.3, -0.25) is 9.59 Å². The first-order valence-corrected chi connectivity index (χ1v) is 6.09. The lowest BCUT2D eigenvalue weighted by atomic mass is 10.2. The third-order valence-corrected chi connectivity index (χ3v) is 3.18. The highest BCUT2D eigenvalue weighted by molar-refractivity contribution is 9.10. The lowest BCUT2D eigenvalue weighted by Gasteiger charge is -2.32. The molecule has 5 nitrogen and oxygen atoms in total. The number of pyridine rings is 1. The molecule has 1 N–H and O–H groups in total. The summed E-state index contributed by atoms with van der Waals surface area (Å²) in [6.45, 7) is 2.72. The van der Waals surface area contributed by atoms with E-state index >= 15 is 0 Å². The maximum absolute atomic E-state index is 12.1. The van der Waals surface area contributed by atoms with E-state index in [4.69, 9.17) is 0 Å². The van der Waals surface area contributed by atoms with Crippen LogP contribution in [0.15, 0.2) is 22.8 Å². The number of nitrogens with one attached hydrogen (secondary N) is 1. The van der Waals surface area contributed by atoms with Crippen molar-refractivity contribution in [3.63, 3.8) is 0 Å². The van der Waals surface area contributed by atoms with Crippen molar-refractivity contribution in [3.05, 3.63) is 28.5 Å². The van der Waals surface area contributed by atoms with E-state index in [-0.39, 0.29) is 11.8 Å². The second-order valence-electron chi connectivity index (χ2n) is 3.83. The van der Waals surface area contributed by atoms with Crippen molar-refractivity contribution < 1.29 is 9.59 Å². The summed E-state index contributed by atoms with van der Waals surface area (Å²) in [5.74, 6) is -0.332. The molecule has 1 aliphatic rings. The molecule has 1 aromatic heterocycles. The van der Waals surface area contributed by atoms with Crippen LogP contribution < -0.4 is 5.32 Å². The lowest BCUT2D eigenvalue weighted by molar-refractivity contribution is -0.127. The van der Waals surface area contributed by atoms with E-state index in [0.29, 0.717) is 18.8 Å². The van der Waals surface area contributed by atoms with Gasteiger partial charge in [0.25, 0.3) is 5.91 Å². The SMILES string of the molecule is CC1C(=O)NCCN1C(=O)c1ccc(Br)cn1. The van der Waals surface area contributed by atoms with E-state index < -0.39 is 6.04 Å². The van der Waals surface area contributed by atoms with Crippen LogP contribution in [0.4, 0.5) is 0 Å². The van der Waals surface area contributed by atoms with Gasteiger partial charge in [-0.1, -0.05) is 0 Å². The molecule has 1 aliphatic heterocycles. The van der Waals surface area contributed by atoms with Crippen molar-refractivity contribution in [2.24, 2.45) is 0 Å². The molecule has 1 aromatic rings. The molecule has 0 radical (unpaired) electrons. The quantitative estimate of drug-likeness (QED) is 0.834. The summed E-state index contributed by atoms with van der Waals surface area (Å²) in [7, 11) is 0. The van der Waals surface area contributed by atoms with Crippen molar-refractivity contribution in [2.45, 2.75) is 13.0 Å². The molecule has 90 valence electrons. The van der Waals surface area contributed by atoms with Gasteiger partial charge in [0.05, 0.1) is 0 Å². The Labute approximate surface area is 107 Å². The predicted molar refractivity (Wildman–Crippen MR) is 65.4 cm³/mol. The molecule has 17 heavy (non-hydrogen) atoms. The van der Waals surface area contributed by atoms with Crippen LogP contribution in [0.3, 0.4) is 0 Å². The number of halogens is 1. The molecule has 0 spiro atoms. The number of rotatable bonds is 1. The van der Waals surface area contributed by atoms with Crippen LogP contribution in [0.1, 0.15) is 17.4 Å². The van der Waals surface area contributed by atoms with Crippen LogP contribution >= 0.6 is 15.9 Å². The van der Waals surface area contributed by atoms with Crippen molar-refractivity contribution >= 4 is 27.7 Å². The predicted octanol–water partition coefficient (Wildman–Crippen LogP) is 0.805. The minimum absolute atomic E-state index is 0.123. The molecule has 0 aromatic carbocycles. The van der Waals surface area contributed by atoms with Gasteiger partial charge in [-0.25, -0.2) is 4.98 Å². The highest BCUT2D eigenvalue weighted by Crippen LogP contribution is 2.12. The average Bonchev–Trinajstić information content (AvgIpc) is 2.33.